The summed E-state index contributed by atoms with van der Waals surface area (Å²) in [4.78, 5) is 11.3. The molecule has 21 heavy (non-hydrogen) atoms. The van der Waals surface area contributed by atoms with Crippen LogP contribution in [0.3, 0.4) is 0 Å². The van der Waals surface area contributed by atoms with Gasteiger partial charge < -0.3 is 0 Å². The van der Waals surface area contributed by atoms with Gasteiger partial charge in [0, 0.05) is 11.9 Å². The van der Waals surface area contributed by atoms with Gasteiger partial charge in [0.2, 0.25) is 5.78 Å². The molecule has 0 fully saturated rings. The fourth-order valence-electron chi connectivity index (χ4n) is 1.99. The standard InChI is InChI=1S/C13H11F5N2O/c1-2-20-10-6-4-3-5-8(10)9(19-20)7-11(21)12(14,15)13(16,17)18/h3-6H,2,7H2,1H3. The van der Waals surface area contributed by atoms with Crippen molar-refractivity contribution in [2.24, 2.45) is 0 Å². The predicted octanol–water partition coefficient (Wildman–Crippen LogP) is 3.37. The fraction of sp³-hybridized carbons (Fsp3) is 0.385. The van der Waals surface area contributed by atoms with Crippen LogP contribution in [0.5, 0.6) is 0 Å². The van der Waals surface area contributed by atoms with Crippen LogP contribution in [0.25, 0.3) is 10.9 Å². The van der Waals surface area contributed by atoms with E-state index in [1.54, 1.807) is 25.1 Å². The van der Waals surface area contributed by atoms with Crippen LogP contribution in [0.4, 0.5) is 22.0 Å². The molecule has 0 unspecified atom stereocenters. The number of nitrogens with zero attached hydrogens (tertiary/aromatic N) is 2. The first-order chi connectivity index (χ1) is 9.68. The highest BCUT2D eigenvalue weighted by molar-refractivity contribution is 5.92. The van der Waals surface area contributed by atoms with Gasteiger partial charge in [0.1, 0.15) is 0 Å². The monoisotopic (exact) mass is 306 g/mol. The Kier molecular flexibility index (Phi) is 3.73. The summed E-state index contributed by atoms with van der Waals surface area (Å²) in [7, 11) is 0. The molecule has 2 aromatic rings. The predicted molar refractivity (Wildman–Crippen MR) is 65.1 cm³/mol. The van der Waals surface area contributed by atoms with E-state index in [9.17, 15) is 26.7 Å². The number of hydrogen-bond acceptors (Lipinski definition) is 2. The molecule has 0 saturated heterocycles. The number of aromatic nitrogens is 2. The number of aryl methyl sites for hydroxylation is 1. The zero-order valence-electron chi connectivity index (χ0n) is 10.9. The Balaban J connectivity index is 2.39. The summed E-state index contributed by atoms with van der Waals surface area (Å²) in [6, 6.07) is 6.47. The van der Waals surface area contributed by atoms with Crippen molar-refractivity contribution >= 4 is 16.7 Å². The molecule has 0 atom stereocenters. The van der Waals surface area contributed by atoms with Crippen LogP contribution in [-0.2, 0) is 17.8 Å². The first-order valence-electron chi connectivity index (χ1n) is 6.10. The van der Waals surface area contributed by atoms with Gasteiger partial charge in [-0.15, -0.1) is 0 Å². The van der Waals surface area contributed by atoms with E-state index in [0.717, 1.165) is 0 Å². The zero-order chi connectivity index (χ0) is 15.8. The van der Waals surface area contributed by atoms with E-state index >= 15 is 0 Å². The topological polar surface area (TPSA) is 34.9 Å². The van der Waals surface area contributed by atoms with Crippen LogP contribution in [0, 0.1) is 0 Å². The Morgan fingerprint density at radius 1 is 1.19 bits per heavy atom. The lowest BCUT2D eigenvalue weighted by molar-refractivity contribution is -0.268. The average Bonchev–Trinajstić information content (AvgIpc) is 2.76. The van der Waals surface area contributed by atoms with Gasteiger partial charge in [-0.3, -0.25) is 9.48 Å². The third kappa shape index (κ3) is 2.62. The summed E-state index contributed by atoms with van der Waals surface area (Å²) in [6.07, 6.45) is -6.97. The molecule has 0 saturated carbocycles. The summed E-state index contributed by atoms with van der Waals surface area (Å²) in [6.45, 7) is 2.15. The maximum Gasteiger partial charge on any atom is 0.461 e. The molecule has 3 nitrogen and oxygen atoms in total. The smallest absolute Gasteiger partial charge is 0.292 e. The van der Waals surface area contributed by atoms with Crippen LogP contribution in [0.15, 0.2) is 24.3 Å². The Labute approximate surface area is 116 Å². The molecule has 0 aliphatic rings. The van der Waals surface area contributed by atoms with Gasteiger partial charge in [-0.05, 0) is 13.0 Å². The summed E-state index contributed by atoms with van der Waals surface area (Å²) in [5, 5.41) is 4.33. The number of hydrogen-bond donors (Lipinski definition) is 0. The average molecular weight is 306 g/mol. The number of carbonyl (C=O) groups is 1. The quantitative estimate of drug-likeness (QED) is 0.812. The molecule has 0 amide bonds. The molecule has 1 aromatic heterocycles. The van der Waals surface area contributed by atoms with Gasteiger partial charge >= 0.3 is 12.1 Å². The zero-order valence-corrected chi connectivity index (χ0v) is 10.9. The van der Waals surface area contributed by atoms with Crippen LogP contribution >= 0.6 is 0 Å². The number of fused-ring (bicyclic) bond motifs is 1. The second-order valence-electron chi connectivity index (χ2n) is 4.45. The Morgan fingerprint density at radius 3 is 2.38 bits per heavy atom. The van der Waals surface area contributed by atoms with Crippen molar-refractivity contribution in [2.45, 2.75) is 32.0 Å². The highest BCUT2D eigenvalue weighted by Gasteiger charge is 2.62. The second kappa shape index (κ2) is 5.09. The molecular weight excluding hydrogens is 295 g/mol. The van der Waals surface area contributed by atoms with Gasteiger partial charge in [-0.25, -0.2) is 0 Å². The molecule has 114 valence electrons. The summed E-state index contributed by atoms with van der Waals surface area (Å²) >= 11 is 0. The number of alkyl halides is 5. The second-order valence-corrected chi connectivity index (χ2v) is 4.45. The lowest BCUT2D eigenvalue weighted by Crippen LogP contribution is -2.44. The third-order valence-corrected chi connectivity index (χ3v) is 3.07. The lowest BCUT2D eigenvalue weighted by atomic mass is 10.1. The minimum atomic E-state index is -5.90. The molecule has 0 aliphatic carbocycles. The first kappa shape index (κ1) is 15.4. The summed E-state index contributed by atoms with van der Waals surface area (Å²) < 4.78 is 64.0. The number of benzene rings is 1. The third-order valence-electron chi connectivity index (χ3n) is 3.07. The van der Waals surface area contributed by atoms with Crippen LogP contribution in [-0.4, -0.2) is 27.7 Å². The van der Waals surface area contributed by atoms with Gasteiger partial charge in [-0.1, -0.05) is 18.2 Å². The number of Topliss-reactive ketones (excluding diaryl/α,β-unsaturated/α-hetero) is 1. The molecule has 0 radical (unpaired) electrons. The van der Waals surface area contributed by atoms with Crippen molar-refractivity contribution in [2.75, 3.05) is 0 Å². The lowest BCUT2D eigenvalue weighted by Gasteiger charge is -2.17. The van der Waals surface area contributed by atoms with E-state index in [1.165, 1.54) is 10.7 Å². The Morgan fingerprint density at radius 2 is 1.81 bits per heavy atom. The molecule has 0 bridgehead atoms. The van der Waals surface area contributed by atoms with Crippen molar-refractivity contribution < 1.29 is 26.7 Å². The van der Waals surface area contributed by atoms with Crippen molar-refractivity contribution in [3.8, 4) is 0 Å². The van der Waals surface area contributed by atoms with E-state index in [-0.39, 0.29) is 5.69 Å². The first-order valence-corrected chi connectivity index (χ1v) is 6.10. The summed E-state index contributed by atoms with van der Waals surface area (Å²) in [5.41, 5.74) is 0.500. The fourth-order valence-corrected chi connectivity index (χ4v) is 1.99. The maximum absolute atomic E-state index is 13.0. The largest absolute Gasteiger partial charge is 0.461 e. The summed E-state index contributed by atoms with van der Waals surface area (Å²) in [5.74, 6) is -7.58. The van der Waals surface area contributed by atoms with Gasteiger partial charge in [0.25, 0.3) is 0 Å². The normalized spacial score (nSPS) is 12.9. The van der Waals surface area contributed by atoms with Crippen LogP contribution < -0.4 is 0 Å². The van der Waals surface area contributed by atoms with Crippen molar-refractivity contribution in [3.63, 3.8) is 0 Å². The van der Waals surface area contributed by atoms with Crippen molar-refractivity contribution in [3.05, 3.63) is 30.0 Å². The molecule has 2 rings (SSSR count). The number of carbonyl (C=O) groups excluding carboxylic acids is 1. The molecule has 0 aliphatic heterocycles. The molecule has 1 heterocycles. The van der Waals surface area contributed by atoms with Crippen molar-refractivity contribution in [1.82, 2.24) is 9.78 Å². The molecular formula is C13H11F5N2O. The number of ketones is 1. The minimum Gasteiger partial charge on any atom is -0.292 e. The molecule has 8 heteroatoms. The van der Waals surface area contributed by atoms with E-state index in [4.69, 9.17) is 0 Å². The highest BCUT2D eigenvalue weighted by Crippen LogP contribution is 2.37. The SMILES string of the molecule is CCn1nc(CC(=O)C(F)(F)C(F)(F)F)c2ccccc21. The number of halogens is 5. The molecule has 0 spiro atoms. The van der Waals surface area contributed by atoms with Gasteiger partial charge in [0.15, 0.2) is 0 Å². The Hall–Kier alpha value is -1.99. The minimum absolute atomic E-state index is 0.0821. The van der Waals surface area contributed by atoms with E-state index in [1.807, 2.05) is 0 Å². The highest BCUT2D eigenvalue weighted by atomic mass is 19.4. The van der Waals surface area contributed by atoms with Crippen LogP contribution in [0.2, 0.25) is 0 Å². The maximum atomic E-state index is 13.0. The number of para-hydroxylation sites is 1. The Bertz CT molecular complexity index is 675. The molecule has 0 N–H and O–H groups in total. The van der Waals surface area contributed by atoms with E-state index in [2.05, 4.69) is 5.10 Å². The van der Waals surface area contributed by atoms with Gasteiger partial charge in [0.05, 0.1) is 17.6 Å². The van der Waals surface area contributed by atoms with Crippen molar-refractivity contribution in [1.29, 1.82) is 0 Å². The van der Waals surface area contributed by atoms with Gasteiger partial charge in [-0.2, -0.15) is 27.1 Å². The van der Waals surface area contributed by atoms with Crippen LogP contribution in [0.1, 0.15) is 12.6 Å². The molecule has 1 aromatic carbocycles. The van der Waals surface area contributed by atoms with E-state index in [0.29, 0.717) is 17.4 Å². The van der Waals surface area contributed by atoms with E-state index < -0.39 is 24.3 Å². The number of rotatable bonds is 4.